The van der Waals surface area contributed by atoms with Crippen LogP contribution in [-0.4, -0.2) is 17.6 Å². The van der Waals surface area contributed by atoms with Crippen molar-refractivity contribution in [3.63, 3.8) is 0 Å². The van der Waals surface area contributed by atoms with E-state index in [1.165, 1.54) is 12.1 Å². The van der Waals surface area contributed by atoms with Crippen LogP contribution in [0.25, 0.3) is 0 Å². The van der Waals surface area contributed by atoms with E-state index in [-0.39, 0.29) is 11.8 Å². The summed E-state index contributed by atoms with van der Waals surface area (Å²) in [6.07, 6.45) is 2.25. The quantitative estimate of drug-likeness (QED) is 0.886. The summed E-state index contributed by atoms with van der Waals surface area (Å²) in [4.78, 5) is 15.5. The summed E-state index contributed by atoms with van der Waals surface area (Å²) in [6.45, 7) is 0.476. The number of urea groups is 1. The van der Waals surface area contributed by atoms with Gasteiger partial charge in [-0.25, -0.2) is 14.2 Å². The van der Waals surface area contributed by atoms with E-state index >= 15 is 0 Å². The van der Waals surface area contributed by atoms with Gasteiger partial charge >= 0.3 is 6.03 Å². The number of nitrogens with zero attached hydrogens (tertiary/aromatic N) is 1. The third kappa shape index (κ3) is 4.39. The van der Waals surface area contributed by atoms with Crippen molar-refractivity contribution in [1.29, 1.82) is 0 Å². The SMILES string of the molecule is O=C(NCCc1ccc(F)cc1)Nc1ccccn1. The van der Waals surface area contributed by atoms with Crippen molar-refractivity contribution >= 4 is 11.8 Å². The largest absolute Gasteiger partial charge is 0.337 e. The Balaban J connectivity index is 1.74. The number of hydrogen-bond acceptors (Lipinski definition) is 2. The topological polar surface area (TPSA) is 54.0 Å². The van der Waals surface area contributed by atoms with Gasteiger partial charge in [-0.15, -0.1) is 0 Å². The standard InChI is InChI=1S/C14H14FN3O/c15-12-6-4-11(5-7-12)8-10-17-14(19)18-13-3-1-2-9-16-13/h1-7,9H,8,10H2,(H2,16,17,18,19). The van der Waals surface area contributed by atoms with Crippen LogP contribution < -0.4 is 10.6 Å². The third-order valence-electron chi connectivity index (χ3n) is 2.52. The van der Waals surface area contributed by atoms with Crippen molar-refractivity contribution in [1.82, 2.24) is 10.3 Å². The molecule has 0 saturated heterocycles. The van der Waals surface area contributed by atoms with Crippen molar-refractivity contribution in [2.45, 2.75) is 6.42 Å². The predicted molar refractivity (Wildman–Crippen MR) is 71.4 cm³/mol. The van der Waals surface area contributed by atoms with Crippen LogP contribution in [0.5, 0.6) is 0 Å². The Labute approximate surface area is 110 Å². The summed E-state index contributed by atoms with van der Waals surface area (Å²) in [5.74, 6) is 0.242. The zero-order chi connectivity index (χ0) is 13.5. The average molecular weight is 259 g/mol. The van der Waals surface area contributed by atoms with Crippen LogP contribution in [0.4, 0.5) is 15.0 Å². The van der Waals surface area contributed by atoms with Gasteiger partial charge in [-0.05, 0) is 36.2 Å². The molecule has 5 heteroatoms. The Bertz CT molecular complexity index is 528. The molecule has 0 aliphatic carbocycles. The molecule has 19 heavy (non-hydrogen) atoms. The first-order valence-corrected chi connectivity index (χ1v) is 5.94. The number of pyridine rings is 1. The van der Waals surface area contributed by atoms with Crippen LogP contribution in [0.1, 0.15) is 5.56 Å². The Hall–Kier alpha value is -2.43. The summed E-state index contributed by atoms with van der Waals surface area (Å²) < 4.78 is 12.7. The molecule has 0 saturated carbocycles. The molecule has 2 amide bonds. The van der Waals surface area contributed by atoms with Crippen LogP contribution >= 0.6 is 0 Å². The molecule has 0 aliphatic rings. The molecule has 0 aliphatic heterocycles. The monoisotopic (exact) mass is 259 g/mol. The second-order valence-corrected chi connectivity index (χ2v) is 3.97. The number of rotatable bonds is 4. The molecular formula is C14H14FN3O. The maximum Gasteiger partial charge on any atom is 0.320 e. The number of hydrogen-bond donors (Lipinski definition) is 2. The number of aromatic nitrogens is 1. The second kappa shape index (κ2) is 6.49. The normalized spacial score (nSPS) is 9.95. The van der Waals surface area contributed by atoms with Gasteiger partial charge in [-0.1, -0.05) is 18.2 Å². The fraction of sp³-hybridized carbons (Fsp3) is 0.143. The summed E-state index contributed by atoms with van der Waals surface area (Å²) in [6, 6.07) is 11.2. The zero-order valence-electron chi connectivity index (χ0n) is 10.3. The Morgan fingerprint density at radius 3 is 2.63 bits per heavy atom. The molecule has 0 atom stereocenters. The van der Waals surface area contributed by atoms with Crippen molar-refractivity contribution < 1.29 is 9.18 Å². The Morgan fingerprint density at radius 1 is 1.16 bits per heavy atom. The number of benzene rings is 1. The van der Waals surface area contributed by atoms with E-state index in [0.717, 1.165) is 5.56 Å². The zero-order valence-corrected chi connectivity index (χ0v) is 10.3. The van der Waals surface area contributed by atoms with Gasteiger partial charge in [0.1, 0.15) is 11.6 Å². The number of anilines is 1. The predicted octanol–water partition coefficient (Wildman–Crippen LogP) is 2.58. The lowest BCUT2D eigenvalue weighted by molar-refractivity contribution is 0.252. The first-order valence-electron chi connectivity index (χ1n) is 5.94. The summed E-state index contributed by atoms with van der Waals surface area (Å²) in [5.41, 5.74) is 0.972. The van der Waals surface area contributed by atoms with Gasteiger partial charge in [0.15, 0.2) is 0 Å². The Kier molecular flexibility index (Phi) is 4.44. The minimum atomic E-state index is -0.305. The van der Waals surface area contributed by atoms with E-state index in [1.54, 1.807) is 36.5 Å². The molecule has 1 heterocycles. The highest BCUT2D eigenvalue weighted by Gasteiger charge is 2.01. The maximum absolute atomic E-state index is 12.7. The van der Waals surface area contributed by atoms with E-state index < -0.39 is 0 Å². The smallest absolute Gasteiger partial charge is 0.320 e. The van der Waals surface area contributed by atoms with Crippen LogP contribution in [0.2, 0.25) is 0 Å². The highest BCUT2D eigenvalue weighted by atomic mass is 19.1. The number of carbonyl (C=O) groups excluding carboxylic acids is 1. The number of nitrogens with one attached hydrogen (secondary N) is 2. The highest BCUT2D eigenvalue weighted by Crippen LogP contribution is 2.03. The lowest BCUT2D eigenvalue weighted by Crippen LogP contribution is -2.30. The molecule has 2 N–H and O–H groups in total. The van der Waals surface area contributed by atoms with E-state index in [1.807, 2.05) is 0 Å². The fourth-order valence-electron chi connectivity index (χ4n) is 1.57. The third-order valence-corrected chi connectivity index (χ3v) is 2.52. The maximum atomic E-state index is 12.7. The molecule has 0 spiro atoms. The molecular weight excluding hydrogens is 245 g/mol. The van der Waals surface area contributed by atoms with E-state index in [0.29, 0.717) is 18.8 Å². The first kappa shape index (κ1) is 13.0. The van der Waals surface area contributed by atoms with E-state index in [2.05, 4.69) is 15.6 Å². The number of carbonyl (C=O) groups is 1. The molecule has 0 fully saturated rings. The van der Waals surface area contributed by atoms with Gasteiger partial charge in [0.25, 0.3) is 0 Å². The minimum Gasteiger partial charge on any atom is -0.337 e. The van der Waals surface area contributed by atoms with Crippen molar-refractivity contribution in [3.8, 4) is 0 Å². The van der Waals surface area contributed by atoms with Crippen molar-refractivity contribution in [3.05, 3.63) is 60.0 Å². The molecule has 1 aromatic heterocycles. The number of amides is 2. The van der Waals surface area contributed by atoms with E-state index in [9.17, 15) is 9.18 Å². The molecule has 4 nitrogen and oxygen atoms in total. The van der Waals surface area contributed by atoms with Crippen LogP contribution in [-0.2, 0) is 6.42 Å². The van der Waals surface area contributed by atoms with Crippen molar-refractivity contribution in [2.24, 2.45) is 0 Å². The summed E-state index contributed by atoms with van der Waals surface area (Å²) in [7, 11) is 0. The average Bonchev–Trinajstić information content (AvgIpc) is 2.42. The molecule has 2 rings (SSSR count). The minimum absolute atomic E-state index is 0.260. The first-order chi connectivity index (χ1) is 9.24. The second-order valence-electron chi connectivity index (χ2n) is 3.97. The number of halogens is 1. The van der Waals surface area contributed by atoms with Crippen LogP contribution in [0.3, 0.4) is 0 Å². The van der Waals surface area contributed by atoms with Gasteiger partial charge in [-0.2, -0.15) is 0 Å². The molecule has 0 radical (unpaired) electrons. The highest BCUT2D eigenvalue weighted by molar-refractivity contribution is 5.88. The van der Waals surface area contributed by atoms with Gasteiger partial charge in [0.2, 0.25) is 0 Å². The summed E-state index contributed by atoms with van der Waals surface area (Å²) >= 11 is 0. The van der Waals surface area contributed by atoms with Gasteiger partial charge in [-0.3, -0.25) is 5.32 Å². The molecule has 98 valence electrons. The molecule has 2 aromatic rings. The van der Waals surface area contributed by atoms with Gasteiger partial charge < -0.3 is 5.32 Å². The fourth-order valence-corrected chi connectivity index (χ4v) is 1.57. The van der Waals surface area contributed by atoms with E-state index in [4.69, 9.17) is 0 Å². The van der Waals surface area contributed by atoms with Gasteiger partial charge in [0, 0.05) is 12.7 Å². The van der Waals surface area contributed by atoms with Crippen LogP contribution in [0, 0.1) is 5.82 Å². The van der Waals surface area contributed by atoms with Crippen LogP contribution in [0.15, 0.2) is 48.7 Å². The van der Waals surface area contributed by atoms with Gasteiger partial charge in [0.05, 0.1) is 0 Å². The molecule has 0 bridgehead atoms. The lowest BCUT2D eigenvalue weighted by atomic mass is 10.1. The lowest BCUT2D eigenvalue weighted by Gasteiger charge is -2.06. The molecule has 0 unspecified atom stereocenters. The Morgan fingerprint density at radius 2 is 1.95 bits per heavy atom. The molecule has 1 aromatic carbocycles. The summed E-state index contributed by atoms with van der Waals surface area (Å²) in [5, 5.41) is 5.33. The van der Waals surface area contributed by atoms with Crippen molar-refractivity contribution in [2.75, 3.05) is 11.9 Å².